The highest BCUT2D eigenvalue weighted by atomic mass is 16.5. The molecule has 3 heteroatoms. The average molecular weight is 611 g/mol. The molecule has 6 aromatic rings. The van der Waals surface area contributed by atoms with Gasteiger partial charge < -0.3 is 9.76 Å². The highest BCUT2D eigenvalue weighted by molar-refractivity contribution is 6.47. The van der Waals surface area contributed by atoms with Crippen LogP contribution in [-0.2, 0) is 15.5 Å². The van der Waals surface area contributed by atoms with Gasteiger partial charge in [-0.15, -0.1) is 0 Å². The second-order valence-corrected chi connectivity index (χ2v) is 14.1. The molecule has 0 radical (unpaired) electrons. The van der Waals surface area contributed by atoms with Gasteiger partial charge in [0.2, 0.25) is 0 Å². The van der Waals surface area contributed by atoms with Gasteiger partial charge in [0.25, 0.3) is 0 Å². The van der Waals surface area contributed by atoms with E-state index in [1.807, 2.05) is 27.7 Å². The third-order valence-corrected chi connectivity index (χ3v) is 11.1. The second-order valence-electron chi connectivity index (χ2n) is 14.1. The van der Waals surface area contributed by atoms with Crippen molar-refractivity contribution in [1.29, 1.82) is 0 Å². The van der Waals surface area contributed by atoms with E-state index < -0.39 is 22.0 Å². The molecule has 1 spiro atoms. The monoisotopic (exact) mass is 610 g/mol. The quantitative estimate of drug-likeness (QED) is 0.192. The van der Waals surface area contributed by atoms with E-state index in [1.165, 1.54) is 55.6 Å². The van der Waals surface area contributed by atoms with E-state index in [2.05, 4.69) is 152 Å². The Balaban J connectivity index is 1.46. The van der Waals surface area contributed by atoms with Crippen LogP contribution >= 0.6 is 0 Å². The Morgan fingerprint density at radius 2 is 0.894 bits per heavy atom. The van der Waals surface area contributed by atoms with E-state index in [9.17, 15) is 5.11 Å². The van der Waals surface area contributed by atoms with Crippen molar-refractivity contribution < 1.29 is 9.76 Å². The predicted molar refractivity (Wildman–Crippen MR) is 194 cm³/mol. The highest BCUT2D eigenvalue weighted by Crippen LogP contribution is 2.64. The third kappa shape index (κ3) is 4.13. The molecule has 47 heavy (non-hydrogen) atoms. The topological polar surface area (TPSA) is 29.5 Å². The molecule has 0 fully saturated rings. The van der Waals surface area contributed by atoms with E-state index in [-0.39, 0.29) is 0 Å². The van der Waals surface area contributed by atoms with Gasteiger partial charge in [0.15, 0.2) is 0 Å². The van der Waals surface area contributed by atoms with Gasteiger partial charge in [-0.3, -0.25) is 0 Å². The molecule has 0 amide bonds. The molecule has 6 aromatic carbocycles. The van der Waals surface area contributed by atoms with Crippen LogP contribution in [0.1, 0.15) is 72.2 Å². The zero-order valence-electron chi connectivity index (χ0n) is 27.5. The molecule has 0 atom stereocenters. The molecule has 0 unspecified atom stereocenters. The summed E-state index contributed by atoms with van der Waals surface area (Å²) in [7, 11) is 0.401. The Morgan fingerprint density at radius 3 is 1.40 bits per heavy atom. The molecular formula is C44H39BO2. The highest BCUT2D eigenvalue weighted by Gasteiger charge is 2.56. The maximum Gasteiger partial charge on any atom is 0.309 e. The van der Waals surface area contributed by atoms with Crippen molar-refractivity contribution in [1.82, 2.24) is 0 Å². The molecule has 0 aromatic heterocycles. The fourth-order valence-electron chi connectivity index (χ4n) is 8.17. The van der Waals surface area contributed by atoms with Crippen molar-refractivity contribution in [3.63, 3.8) is 0 Å². The standard InChI is InChI=1S/C44H39BO2/c1-41(2,46)42(3,4)47-45-32-27-28-34-33-21-11-12-22-35(33)44(40(34)29-32)38-25-15-13-23-36(38)43(30-17-7-5-8-18-30,31-19-9-6-10-20-31)37-24-14-16-26-39(37)44/h5-29,45-46H,1-4H3. The number of rotatable bonds is 6. The number of aliphatic hydroxyl groups is 1. The Bertz CT molecular complexity index is 2020. The summed E-state index contributed by atoms with van der Waals surface area (Å²) in [6.45, 7) is 7.53. The van der Waals surface area contributed by atoms with Crippen LogP contribution in [-0.4, -0.2) is 23.8 Å². The summed E-state index contributed by atoms with van der Waals surface area (Å²) in [6.07, 6.45) is 0. The summed E-state index contributed by atoms with van der Waals surface area (Å²) in [5, 5.41) is 10.8. The van der Waals surface area contributed by atoms with Crippen molar-refractivity contribution in [3.8, 4) is 11.1 Å². The SMILES string of the molecule is CC(C)(O)C(C)(C)OBc1ccc2c(c1)C1(c3ccccc3-2)c2ccccc2C(c2ccccc2)(c2ccccc2)c2ccccc21. The molecule has 8 rings (SSSR count). The van der Waals surface area contributed by atoms with Crippen molar-refractivity contribution in [3.05, 3.63) is 196 Å². The average Bonchev–Trinajstić information content (AvgIpc) is 3.38. The number of hydrogen-bond donors (Lipinski definition) is 1. The maximum atomic E-state index is 10.8. The van der Waals surface area contributed by atoms with Crippen LogP contribution in [0.5, 0.6) is 0 Å². The van der Waals surface area contributed by atoms with Gasteiger partial charge in [0.05, 0.1) is 22.0 Å². The Morgan fingerprint density at radius 1 is 0.468 bits per heavy atom. The lowest BCUT2D eigenvalue weighted by molar-refractivity contribution is -0.0893. The van der Waals surface area contributed by atoms with Gasteiger partial charge >= 0.3 is 7.48 Å². The first kappa shape index (κ1) is 29.7. The lowest BCUT2D eigenvalue weighted by atomic mass is 9.51. The van der Waals surface area contributed by atoms with E-state index in [0.717, 1.165) is 5.46 Å². The lowest BCUT2D eigenvalue weighted by Gasteiger charge is -2.50. The van der Waals surface area contributed by atoms with Crippen LogP contribution < -0.4 is 5.46 Å². The summed E-state index contributed by atoms with van der Waals surface area (Å²) in [5.74, 6) is 0. The lowest BCUT2D eigenvalue weighted by Crippen LogP contribution is -2.49. The van der Waals surface area contributed by atoms with Crippen LogP contribution in [0.25, 0.3) is 11.1 Å². The van der Waals surface area contributed by atoms with Gasteiger partial charge in [-0.25, -0.2) is 0 Å². The molecule has 0 bridgehead atoms. The Kier molecular flexibility index (Phi) is 6.74. The second kappa shape index (κ2) is 10.7. The molecule has 0 heterocycles. The smallest absolute Gasteiger partial charge is 0.309 e. The molecule has 230 valence electrons. The van der Waals surface area contributed by atoms with E-state index in [0.29, 0.717) is 7.48 Å². The maximum absolute atomic E-state index is 10.8. The van der Waals surface area contributed by atoms with Crippen LogP contribution in [0.15, 0.2) is 152 Å². The van der Waals surface area contributed by atoms with Gasteiger partial charge in [-0.2, -0.15) is 0 Å². The fourth-order valence-corrected chi connectivity index (χ4v) is 8.17. The van der Waals surface area contributed by atoms with Crippen molar-refractivity contribution in [2.24, 2.45) is 0 Å². The number of benzene rings is 6. The molecule has 2 aliphatic rings. The zero-order chi connectivity index (χ0) is 32.4. The molecule has 2 nitrogen and oxygen atoms in total. The minimum Gasteiger partial charge on any atom is -0.427 e. The molecule has 0 saturated heterocycles. The Hall–Kier alpha value is -4.70. The molecule has 2 aliphatic carbocycles. The molecule has 1 N–H and O–H groups in total. The van der Waals surface area contributed by atoms with Crippen molar-refractivity contribution in [2.75, 3.05) is 0 Å². The summed E-state index contributed by atoms with van der Waals surface area (Å²) in [4.78, 5) is 0. The molecule has 0 saturated carbocycles. The largest absolute Gasteiger partial charge is 0.427 e. The summed E-state index contributed by atoms with van der Waals surface area (Å²) in [5.41, 5.74) is 11.1. The van der Waals surface area contributed by atoms with E-state index in [4.69, 9.17) is 4.65 Å². The normalized spacial score (nSPS) is 15.3. The minimum atomic E-state index is -0.985. The van der Waals surface area contributed by atoms with Gasteiger partial charge in [0.1, 0.15) is 0 Å². The van der Waals surface area contributed by atoms with Crippen LogP contribution in [0.2, 0.25) is 0 Å². The van der Waals surface area contributed by atoms with Gasteiger partial charge in [-0.1, -0.05) is 157 Å². The van der Waals surface area contributed by atoms with Crippen LogP contribution in [0, 0.1) is 0 Å². The van der Waals surface area contributed by atoms with E-state index >= 15 is 0 Å². The molecule has 0 aliphatic heterocycles. The predicted octanol–water partition coefficient (Wildman–Crippen LogP) is 8.29. The van der Waals surface area contributed by atoms with Crippen molar-refractivity contribution in [2.45, 2.75) is 49.7 Å². The Labute approximate surface area is 279 Å². The van der Waals surface area contributed by atoms with Crippen molar-refractivity contribution >= 4 is 12.9 Å². The third-order valence-electron chi connectivity index (χ3n) is 11.1. The van der Waals surface area contributed by atoms with Crippen LogP contribution in [0.3, 0.4) is 0 Å². The fraction of sp³-hybridized carbons (Fsp3) is 0.182. The summed E-state index contributed by atoms with van der Waals surface area (Å²) in [6, 6.07) is 56.0. The first-order valence-electron chi connectivity index (χ1n) is 16.6. The van der Waals surface area contributed by atoms with Crippen LogP contribution in [0.4, 0.5) is 0 Å². The first-order chi connectivity index (χ1) is 22.7. The first-order valence-corrected chi connectivity index (χ1v) is 16.6. The number of hydrogen-bond acceptors (Lipinski definition) is 2. The number of fused-ring (bicyclic) bond motifs is 9. The van der Waals surface area contributed by atoms with Gasteiger partial charge in [0, 0.05) is 0 Å². The van der Waals surface area contributed by atoms with E-state index in [1.54, 1.807) is 0 Å². The summed E-state index contributed by atoms with van der Waals surface area (Å²) < 4.78 is 6.43. The summed E-state index contributed by atoms with van der Waals surface area (Å²) >= 11 is 0. The molecular weight excluding hydrogens is 571 g/mol. The zero-order valence-corrected chi connectivity index (χ0v) is 27.5. The minimum absolute atomic E-state index is 0.401. The van der Waals surface area contributed by atoms with Gasteiger partial charge in [-0.05, 0) is 83.3 Å².